The van der Waals surface area contributed by atoms with Crippen molar-refractivity contribution in [3.63, 3.8) is 0 Å². The highest BCUT2D eigenvalue weighted by Crippen LogP contribution is 2.23. The maximum absolute atomic E-state index is 11.9. The largest absolute Gasteiger partial charge is 0.325 e. The molecule has 0 heterocycles. The Bertz CT molecular complexity index is 634. The Morgan fingerprint density at radius 3 is 2.63 bits per heavy atom. The number of primary sulfonamides is 1. The van der Waals surface area contributed by atoms with Crippen molar-refractivity contribution < 1.29 is 13.2 Å². The first-order valence-electron chi connectivity index (χ1n) is 5.58. The third-order valence-corrected chi connectivity index (χ3v) is 3.79. The van der Waals surface area contributed by atoms with Gasteiger partial charge in [0.05, 0.1) is 11.0 Å². The van der Waals surface area contributed by atoms with E-state index in [0.29, 0.717) is 6.42 Å². The zero-order valence-electron chi connectivity index (χ0n) is 10.7. The van der Waals surface area contributed by atoms with Gasteiger partial charge >= 0.3 is 0 Å². The standard InChI is InChI=1S/C12H15N3O3S/c1-3-12(2,8-13)11(16)15-9-5-4-6-10(7-9)19(14,17)18/h4-7H,3H2,1-2H3,(H,15,16)(H2,14,17,18). The van der Waals surface area contributed by atoms with Crippen LogP contribution < -0.4 is 10.5 Å². The molecule has 1 atom stereocenters. The minimum Gasteiger partial charge on any atom is -0.325 e. The summed E-state index contributed by atoms with van der Waals surface area (Å²) < 4.78 is 22.4. The Labute approximate surface area is 112 Å². The second kappa shape index (κ2) is 5.38. The van der Waals surface area contributed by atoms with Gasteiger partial charge in [0.15, 0.2) is 0 Å². The second-order valence-corrected chi connectivity index (χ2v) is 5.89. The molecule has 0 radical (unpaired) electrons. The number of nitriles is 1. The molecule has 0 bridgehead atoms. The second-order valence-electron chi connectivity index (χ2n) is 4.32. The molecule has 1 amide bonds. The van der Waals surface area contributed by atoms with E-state index in [4.69, 9.17) is 10.4 Å². The van der Waals surface area contributed by atoms with Gasteiger partial charge in [0.25, 0.3) is 0 Å². The highest BCUT2D eigenvalue weighted by atomic mass is 32.2. The van der Waals surface area contributed by atoms with Crippen LogP contribution in [0.2, 0.25) is 0 Å². The number of nitrogens with one attached hydrogen (secondary N) is 1. The molecular formula is C12H15N3O3S. The van der Waals surface area contributed by atoms with Crippen LogP contribution in [0, 0.1) is 16.7 Å². The van der Waals surface area contributed by atoms with Gasteiger partial charge in [-0.2, -0.15) is 5.26 Å². The quantitative estimate of drug-likeness (QED) is 0.863. The summed E-state index contributed by atoms with van der Waals surface area (Å²) in [6.45, 7) is 3.25. The van der Waals surface area contributed by atoms with Gasteiger partial charge in [0.2, 0.25) is 15.9 Å². The fourth-order valence-electron chi connectivity index (χ4n) is 1.31. The summed E-state index contributed by atoms with van der Waals surface area (Å²) in [4.78, 5) is 11.8. The van der Waals surface area contributed by atoms with Gasteiger partial charge in [-0.25, -0.2) is 13.6 Å². The summed E-state index contributed by atoms with van der Waals surface area (Å²) in [5.41, 5.74) is -0.871. The number of amides is 1. The number of hydrogen-bond acceptors (Lipinski definition) is 4. The molecule has 3 N–H and O–H groups in total. The topological polar surface area (TPSA) is 113 Å². The number of nitrogens with zero attached hydrogens (tertiary/aromatic N) is 1. The number of carbonyl (C=O) groups excluding carboxylic acids is 1. The number of rotatable bonds is 4. The lowest BCUT2D eigenvalue weighted by Crippen LogP contribution is -2.31. The predicted octanol–water partition coefficient (Wildman–Crippen LogP) is 1.21. The summed E-state index contributed by atoms with van der Waals surface area (Å²) in [6, 6.07) is 7.51. The van der Waals surface area contributed by atoms with Gasteiger partial charge in [0, 0.05) is 5.69 Å². The Kier molecular flexibility index (Phi) is 4.29. The third-order valence-electron chi connectivity index (χ3n) is 2.88. The van der Waals surface area contributed by atoms with Gasteiger partial charge in [-0.3, -0.25) is 4.79 Å². The molecule has 0 spiro atoms. The summed E-state index contributed by atoms with van der Waals surface area (Å²) in [6.07, 6.45) is 0.351. The van der Waals surface area contributed by atoms with E-state index in [0.717, 1.165) is 0 Å². The van der Waals surface area contributed by atoms with Gasteiger partial charge in [0.1, 0.15) is 5.41 Å². The first kappa shape index (κ1) is 15.1. The van der Waals surface area contributed by atoms with E-state index in [9.17, 15) is 13.2 Å². The van der Waals surface area contributed by atoms with Crippen LogP contribution in [0.5, 0.6) is 0 Å². The average Bonchev–Trinajstić information content (AvgIpc) is 2.37. The molecular weight excluding hydrogens is 266 g/mol. The van der Waals surface area contributed by atoms with Crippen molar-refractivity contribution in [1.29, 1.82) is 5.26 Å². The minimum absolute atomic E-state index is 0.0968. The monoisotopic (exact) mass is 281 g/mol. The van der Waals surface area contributed by atoms with E-state index >= 15 is 0 Å². The molecule has 6 nitrogen and oxygen atoms in total. The van der Waals surface area contributed by atoms with Crippen LogP contribution in [-0.4, -0.2) is 14.3 Å². The van der Waals surface area contributed by atoms with Crippen molar-refractivity contribution in [2.24, 2.45) is 10.6 Å². The number of nitrogens with two attached hydrogens (primary N) is 1. The number of benzene rings is 1. The minimum atomic E-state index is -3.82. The van der Waals surface area contributed by atoms with Crippen LogP contribution >= 0.6 is 0 Å². The molecule has 102 valence electrons. The van der Waals surface area contributed by atoms with E-state index in [-0.39, 0.29) is 10.6 Å². The summed E-state index contributed by atoms with van der Waals surface area (Å²) in [5, 5.41) is 16.5. The summed E-state index contributed by atoms with van der Waals surface area (Å²) in [7, 11) is -3.82. The molecule has 0 saturated heterocycles. The highest BCUT2D eigenvalue weighted by molar-refractivity contribution is 7.89. The molecule has 1 unspecified atom stereocenters. The molecule has 0 saturated carbocycles. The van der Waals surface area contributed by atoms with Gasteiger partial charge in [-0.1, -0.05) is 13.0 Å². The number of sulfonamides is 1. The van der Waals surface area contributed by atoms with E-state index in [1.54, 1.807) is 6.92 Å². The van der Waals surface area contributed by atoms with Crippen LogP contribution in [-0.2, 0) is 14.8 Å². The Hall–Kier alpha value is -1.91. The maximum atomic E-state index is 11.9. The molecule has 1 aromatic rings. The molecule has 0 aliphatic carbocycles. The molecule has 0 aromatic heterocycles. The average molecular weight is 281 g/mol. The fourth-order valence-corrected chi connectivity index (χ4v) is 1.87. The van der Waals surface area contributed by atoms with E-state index in [2.05, 4.69) is 5.32 Å². The van der Waals surface area contributed by atoms with Crippen molar-refractivity contribution >= 4 is 21.6 Å². The van der Waals surface area contributed by atoms with Crippen molar-refractivity contribution in [2.45, 2.75) is 25.2 Å². The molecule has 19 heavy (non-hydrogen) atoms. The lowest BCUT2D eigenvalue weighted by molar-refractivity contribution is -0.122. The molecule has 7 heteroatoms. The summed E-state index contributed by atoms with van der Waals surface area (Å²) >= 11 is 0. The molecule has 0 aliphatic rings. The lowest BCUT2D eigenvalue weighted by Gasteiger charge is -2.18. The first-order chi connectivity index (χ1) is 8.73. The summed E-state index contributed by atoms with van der Waals surface area (Å²) in [5.74, 6) is -0.482. The molecule has 1 rings (SSSR count). The van der Waals surface area contributed by atoms with Crippen molar-refractivity contribution in [3.05, 3.63) is 24.3 Å². The number of hydrogen-bond donors (Lipinski definition) is 2. The van der Waals surface area contributed by atoms with Crippen LogP contribution in [0.1, 0.15) is 20.3 Å². The van der Waals surface area contributed by atoms with Crippen LogP contribution in [0.3, 0.4) is 0 Å². The predicted molar refractivity (Wildman–Crippen MR) is 70.5 cm³/mol. The number of anilines is 1. The third kappa shape index (κ3) is 3.53. The van der Waals surface area contributed by atoms with E-state index in [1.165, 1.54) is 31.2 Å². The van der Waals surface area contributed by atoms with Crippen LogP contribution in [0.25, 0.3) is 0 Å². The Balaban J connectivity index is 3.03. The highest BCUT2D eigenvalue weighted by Gasteiger charge is 2.31. The van der Waals surface area contributed by atoms with Crippen molar-refractivity contribution in [1.82, 2.24) is 0 Å². The van der Waals surface area contributed by atoms with Crippen molar-refractivity contribution in [2.75, 3.05) is 5.32 Å². The first-order valence-corrected chi connectivity index (χ1v) is 7.13. The van der Waals surface area contributed by atoms with Crippen molar-refractivity contribution in [3.8, 4) is 6.07 Å². The van der Waals surface area contributed by atoms with E-state index < -0.39 is 21.3 Å². The Morgan fingerprint density at radius 1 is 1.53 bits per heavy atom. The van der Waals surface area contributed by atoms with Gasteiger partial charge in [-0.05, 0) is 31.5 Å². The zero-order valence-corrected chi connectivity index (χ0v) is 11.5. The van der Waals surface area contributed by atoms with E-state index in [1.807, 2.05) is 6.07 Å². The Morgan fingerprint density at radius 2 is 2.16 bits per heavy atom. The fraction of sp³-hybridized carbons (Fsp3) is 0.333. The molecule has 0 aliphatic heterocycles. The number of carbonyl (C=O) groups is 1. The molecule has 1 aromatic carbocycles. The smallest absolute Gasteiger partial charge is 0.244 e. The van der Waals surface area contributed by atoms with Gasteiger partial charge < -0.3 is 5.32 Å². The van der Waals surface area contributed by atoms with Crippen LogP contribution in [0.15, 0.2) is 29.2 Å². The normalized spacial score (nSPS) is 14.2. The van der Waals surface area contributed by atoms with Gasteiger partial charge in [-0.15, -0.1) is 0 Å². The zero-order chi connectivity index (χ0) is 14.7. The SMILES string of the molecule is CCC(C)(C#N)C(=O)Nc1cccc(S(N)(=O)=O)c1. The maximum Gasteiger partial charge on any atom is 0.244 e. The molecule has 0 fully saturated rings. The lowest BCUT2D eigenvalue weighted by atomic mass is 9.88. The van der Waals surface area contributed by atoms with Crippen LogP contribution in [0.4, 0.5) is 5.69 Å².